The van der Waals surface area contributed by atoms with Gasteiger partial charge in [-0.05, 0) is 117 Å². The summed E-state index contributed by atoms with van der Waals surface area (Å²) in [5, 5.41) is -0.366. The first-order valence-electron chi connectivity index (χ1n) is 25.2. The van der Waals surface area contributed by atoms with Crippen LogP contribution in [-0.2, 0) is 17.7 Å². The first-order valence-corrected chi connectivity index (χ1v) is 40.6. The van der Waals surface area contributed by atoms with E-state index in [4.69, 9.17) is 17.7 Å². The van der Waals surface area contributed by atoms with Gasteiger partial charge in [-0.15, -0.1) is 0 Å². The molecule has 0 amide bonds. The van der Waals surface area contributed by atoms with Crippen molar-refractivity contribution in [1.82, 2.24) is 0 Å². The third-order valence-corrected chi connectivity index (χ3v) is 35.1. The lowest BCUT2D eigenvalue weighted by Gasteiger charge is -2.60. The van der Waals surface area contributed by atoms with Gasteiger partial charge in [-0.25, -0.2) is 0 Å². The molecule has 0 radical (unpaired) electrons. The van der Waals surface area contributed by atoms with E-state index in [1.54, 1.807) is 0 Å². The van der Waals surface area contributed by atoms with Crippen molar-refractivity contribution in [3.63, 3.8) is 0 Å². The maximum absolute atomic E-state index is 8.04. The van der Waals surface area contributed by atoms with Crippen LogP contribution in [0.2, 0.25) is 88.1 Å². The topological polar surface area (TPSA) is 36.9 Å². The van der Waals surface area contributed by atoms with Crippen LogP contribution in [0.3, 0.4) is 0 Å². The Labute approximate surface area is 372 Å². The SMILES string of the molecule is CCCCCCCCCCCCCC[Si](C)(OC(CC)(CC)[Si](C)(C)C)C(C)(C)C(C)(C)O[Si](C)(C)C(CC)(CC)C(CC)O[Si](C)(C)C(CC)(CC)O[Si](C)(C)C. The zero-order valence-electron chi connectivity index (χ0n) is 44.4. The highest BCUT2D eigenvalue weighted by Crippen LogP contribution is 2.59. The van der Waals surface area contributed by atoms with Crippen molar-refractivity contribution in [3.05, 3.63) is 0 Å². The fraction of sp³-hybridized carbons (Fsp3) is 1.00. The maximum Gasteiger partial charge on any atom is 0.217 e. The first kappa shape index (κ1) is 58.9. The number of unbranched alkanes of at least 4 members (excludes halogenated alkanes) is 11. The number of hydrogen-bond acceptors (Lipinski definition) is 4. The lowest BCUT2D eigenvalue weighted by atomic mass is 9.93. The molecule has 0 aromatic rings. The molecule has 0 rings (SSSR count). The summed E-state index contributed by atoms with van der Waals surface area (Å²) in [4.78, 5) is 0. The van der Waals surface area contributed by atoms with Gasteiger partial charge in [0, 0.05) is 15.3 Å². The van der Waals surface area contributed by atoms with Gasteiger partial charge in [0.25, 0.3) is 0 Å². The van der Waals surface area contributed by atoms with Crippen molar-refractivity contribution >= 4 is 41.3 Å². The van der Waals surface area contributed by atoms with Crippen LogP contribution >= 0.6 is 0 Å². The molecular weight excluding hydrogens is 793 g/mol. The molecule has 0 aliphatic carbocycles. The summed E-state index contributed by atoms with van der Waals surface area (Å²) < 4.78 is 30.9. The Kier molecular flexibility index (Phi) is 24.7. The molecule has 2 unspecified atom stereocenters. The van der Waals surface area contributed by atoms with Gasteiger partial charge in [-0.1, -0.05) is 166 Å². The Balaban J connectivity index is 6.80. The van der Waals surface area contributed by atoms with Gasteiger partial charge < -0.3 is 17.7 Å². The van der Waals surface area contributed by atoms with Crippen LogP contribution in [0.25, 0.3) is 0 Å². The molecule has 0 saturated carbocycles. The molecule has 0 aliphatic rings. The Morgan fingerprint density at radius 1 is 0.431 bits per heavy atom. The zero-order valence-corrected chi connectivity index (χ0v) is 49.4. The van der Waals surface area contributed by atoms with Gasteiger partial charge in [0.1, 0.15) is 0 Å². The van der Waals surface area contributed by atoms with E-state index in [-0.39, 0.29) is 32.2 Å². The number of hydrogen-bond donors (Lipinski definition) is 0. The van der Waals surface area contributed by atoms with Gasteiger partial charge in [-0.3, -0.25) is 0 Å². The second-order valence-corrected chi connectivity index (χ2v) is 45.6. The van der Waals surface area contributed by atoms with Crippen molar-refractivity contribution in [2.24, 2.45) is 0 Å². The quantitative estimate of drug-likeness (QED) is 0.0476. The highest BCUT2D eigenvalue weighted by Gasteiger charge is 2.62. The Hall–Kier alpha value is 0.924. The molecule has 0 aliphatic heterocycles. The third kappa shape index (κ3) is 14.7. The van der Waals surface area contributed by atoms with Crippen LogP contribution in [0.5, 0.6) is 0 Å². The Morgan fingerprint density at radius 2 is 0.828 bits per heavy atom. The average Bonchev–Trinajstić information content (AvgIpc) is 3.11. The summed E-state index contributed by atoms with van der Waals surface area (Å²) in [7, 11) is -10.7. The predicted octanol–water partition coefficient (Wildman–Crippen LogP) is 18.0. The summed E-state index contributed by atoms with van der Waals surface area (Å²) in [6.07, 6.45) is 24.1. The molecule has 0 spiro atoms. The van der Waals surface area contributed by atoms with Crippen molar-refractivity contribution in [3.8, 4) is 0 Å². The summed E-state index contributed by atoms with van der Waals surface area (Å²) >= 11 is 0. The van der Waals surface area contributed by atoms with E-state index in [0.717, 1.165) is 44.9 Å². The highest BCUT2D eigenvalue weighted by atomic mass is 28.4. The van der Waals surface area contributed by atoms with Crippen LogP contribution in [0, 0.1) is 0 Å². The van der Waals surface area contributed by atoms with Gasteiger partial charge in [0.2, 0.25) is 8.32 Å². The van der Waals surface area contributed by atoms with E-state index in [1.807, 2.05) is 0 Å². The van der Waals surface area contributed by atoms with E-state index in [2.05, 4.69) is 155 Å². The second kappa shape index (κ2) is 24.3. The minimum atomic E-state index is -2.46. The molecule has 58 heavy (non-hydrogen) atoms. The van der Waals surface area contributed by atoms with Crippen LogP contribution in [-0.4, -0.2) is 63.5 Å². The second-order valence-electron chi connectivity index (χ2n) is 23.0. The lowest BCUT2D eigenvalue weighted by molar-refractivity contribution is 0.00909. The highest BCUT2D eigenvalue weighted by molar-refractivity contribution is 6.82. The monoisotopic (exact) mass is 903 g/mol. The molecule has 4 nitrogen and oxygen atoms in total. The molecule has 9 heteroatoms. The van der Waals surface area contributed by atoms with E-state index in [9.17, 15) is 0 Å². The fourth-order valence-electron chi connectivity index (χ4n) is 11.3. The van der Waals surface area contributed by atoms with Crippen molar-refractivity contribution in [1.29, 1.82) is 0 Å². The molecule has 2 atom stereocenters. The lowest BCUT2D eigenvalue weighted by Crippen LogP contribution is -2.67. The largest absolute Gasteiger partial charge is 0.414 e. The zero-order chi connectivity index (χ0) is 45.5. The molecule has 0 heterocycles. The van der Waals surface area contributed by atoms with E-state index >= 15 is 0 Å². The van der Waals surface area contributed by atoms with Gasteiger partial charge in [-0.2, -0.15) is 0 Å². The molecule has 0 aromatic carbocycles. The molecule has 350 valence electrons. The summed E-state index contributed by atoms with van der Waals surface area (Å²) in [5.41, 5.74) is -0.369. The molecular formula is C49H110O4Si5. The molecule has 0 aromatic heterocycles. The normalized spacial score (nSPS) is 16.2. The van der Waals surface area contributed by atoms with E-state index in [1.165, 1.54) is 83.1 Å². The van der Waals surface area contributed by atoms with Gasteiger partial charge in [0.05, 0.1) is 25.0 Å². The summed E-state index contributed by atoms with van der Waals surface area (Å²) in [6, 6.07) is 1.21. The standard InChI is InChI=1S/C49H110O4Si5/c1-24-32-33-34-35-36-37-38-39-40-41-42-43-58(23,53-48(28-5,29-6)54(13,14)15)46(11,12)45(9,10)51-56(19,20)47(26-3,27-4)44(25-2)50-57(21,22)49(30-7,31-8)52-55(16,17)18/h44H,24-43H2,1-23H3. The summed E-state index contributed by atoms with van der Waals surface area (Å²) in [6.45, 7) is 56.3. The molecule has 0 N–H and O–H groups in total. The van der Waals surface area contributed by atoms with Gasteiger partial charge >= 0.3 is 0 Å². The maximum atomic E-state index is 8.04. The van der Waals surface area contributed by atoms with Crippen molar-refractivity contribution in [2.45, 2.75) is 315 Å². The van der Waals surface area contributed by atoms with Crippen molar-refractivity contribution in [2.75, 3.05) is 0 Å². The van der Waals surface area contributed by atoms with E-state index in [0.29, 0.717) is 0 Å². The van der Waals surface area contributed by atoms with E-state index < -0.39 is 41.3 Å². The summed E-state index contributed by atoms with van der Waals surface area (Å²) in [5.74, 6) is 0. The molecule has 0 fully saturated rings. The third-order valence-electron chi connectivity index (χ3n) is 16.4. The minimum Gasteiger partial charge on any atom is -0.414 e. The Bertz CT molecular complexity index is 1110. The predicted molar refractivity (Wildman–Crippen MR) is 276 cm³/mol. The molecule has 0 saturated heterocycles. The fourth-order valence-corrected chi connectivity index (χ4v) is 30.8. The average molecular weight is 904 g/mol. The minimum absolute atomic E-state index is 0.0254. The van der Waals surface area contributed by atoms with Gasteiger partial charge in [0.15, 0.2) is 25.0 Å². The van der Waals surface area contributed by atoms with Crippen LogP contribution < -0.4 is 0 Å². The molecule has 0 bridgehead atoms. The van der Waals surface area contributed by atoms with Crippen LogP contribution in [0.15, 0.2) is 0 Å². The van der Waals surface area contributed by atoms with Crippen LogP contribution in [0.1, 0.15) is 205 Å². The number of rotatable bonds is 34. The smallest absolute Gasteiger partial charge is 0.217 e. The van der Waals surface area contributed by atoms with Crippen molar-refractivity contribution < 1.29 is 17.7 Å². The Morgan fingerprint density at radius 3 is 1.16 bits per heavy atom. The first-order chi connectivity index (χ1) is 26.5. The van der Waals surface area contributed by atoms with Crippen LogP contribution in [0.4, 0.5) is 0 Å².